The minimum atomic E-state index is -0.471. The maximum absolute atomic E-state index is 14.0. The van der Waals surface area contributed by atoms with Crippen molar-refractivity contribution < 1.29 is 23.5 Å². The minimum absolute atomic E-state index is 0.0699. The van der Waals surface area contributed by atoms with Crippen LogP contribution in [0.3, 0.4) is 0 Å². The molecule has 2 amide bonds. The first-order chi connectivity index (χ1) is 19.4. The fourth-order valence-corrected chi connectivity index (χ4v) is 5.84. The van der Waals surface area contributed by atoms with Crippen LogP contribution in [0.15, 0.2) is 53.9 Å². The topological polar surface area (TPSA) is 62.3 Å². The van der Waals surface area contributed by atoms with Crippen LogP contribution in [0.1, 0.15) is 39.2 Å². The molecule has 1 aromatic heterocycles. The highest BCUT2D eigenvalue weighted by Gasteiger charge is 2.25. The molecule has 1 aliphatic rings. The molecule has 0 bridgehead atoms. The number of rotatable bonds is 13. The molecular weight excluding hydrogens is 529 g/mol. The number of carbonyl (C=O) groups excluding carboxylic acids is 2. The van der Waals surface area contributed by atoms with Gasteiger partial charge >= 0.3 is 0 Å². The summed E-state index contributed by atoms with van der Waals surface area (Å²) in [6, 6.07) is 13.5. The summed E-state index contributed by atoms with van der Waals surface area (Å²) in [6.45, 7) is 5.98. The van der Waals surface area contributed by atoms with Crippen molar-refractivity contribution in [1.82, 2.24) is 14.7 Å². The maximum atomic E-state index is 14.0. The Morgan fingerprint density at radius 2 is 1.75 bits per heavy atom. The van der Waals surface area contributed by atoms with Crippen LogP contribution in [0.4, 0.5) is 4.39 Å². The number of halogens is 1. The van der Waals surface area contributed by atoms with Crippen LogP contribution in [-0.2, 0) is 17.8 Å². The Kier molecular flexibility index (Phi) is 10.5. The quantitative estimate of drug-likeness (QED) is 0.290. The van der Waals surface area contributed by atoms with Crippen molar-refractivity contribution in [3.63, 3.8) is 0 Å². The molecule has 0 atom stereocenters. The SMILES string of the molecule is COc1ccc(CCN(Cc2sccc2C)C(=O)CN(CCN2CCCC2)C(=O)c2cccc(F)c2)cc1OC. The van der Waals surface area contributed by atoms with E-state index in [1.807, 2.05) is 41.5 Å². The molecule has 0 N–H and O–H groups in total. The van der Waals surface area contributed by atoms with Crippen LogP contribution >= 0.6 is 11.3 Å². The van der Waals surface area contributed by atoms with E-state index in [0.29, 0.717) is 44.1 Å². The molecule has 0 unspecified atom stereocenters. The fraction of sp³-hybridized carbons (Fsp3) is 0.419. The van der Waals surface area contributed by atoms with E-state index in [1.165, 1.54) is 18.2 Å². The van der Waals surface area contributed by atoms with Crippen molar-refractivity contribution >= 4 is 23.2 Å². The molecule has 1 fully saturated rings. The van der Waals surface area contributed by atoms with Gasteiger partial charge in [-0.3, -0.25) is 9.59 Å². The monoisotopic (exact) mass is 567 g/mol. The molecule has 9 heteroatoms. The van der Waals surface area contributed by atoms with Gasteiger partial charge in [-0.05, 0) is 92.2 Å². The molecule has 2 aromatic carbocycles. The average Bonchev–Trinajstić information content (AvgIpc) is 3.64. The van der Waals surface area contributed by atoms with E-state index in [1.54, 1.807) is 36.5 Å². The molecule has 2 heterocycles. The first-order valence-corrected chi connectivity index (χ1v) is 14.5. The lowest BCUT2D eigenvalue weighted by molar-refractivity contribution is -0.132. The zero-order valence-electron chi connectivity index (χ0n) is 23.5. The van der Waals surface area contributed by atoms with Crippen molar-refractivity contribution in [1.29, 1.82) is 0 Å². The molecule has 40 heavy (non-hydrogen) atoms. The third kappa shape index (κ3) is 7.82. The summed E-state index contributed by atoms with van der Waals surface area (Å²) in [5.41, 5.74) is 2.40. The molecule has 0 spiro atoms. The molecule has 1 saturated heterocycles. The van der Waals surface area contributed by atoms with Crippen molar-refractivity contribution in [2.75, 3.05) is 53.5 Å². The third-order valence-corrected chi connectivity index (χ3v) is 8.35. The van der Waals surface area contributed by atoms with Gasteiger partial charge in [0.2, 0.25) is 5.91 Å². The first kappa shape index (κ1) is 29.6. The predicted molar refractivity (Wildman–Crippen MR) is 156 cm³/mol. The number of aryl methyl sites for hydroxylation is 1. The molecular formula is C31H38FN3O4S. The molecule has 1 aliphatic heterocycles. The van der Waals surface area contributed by atoms with Crippen LogP contribution in [0.25, 0.3) is 0 Å². The summed E-state index contributed by atoms with van der Waals surface area (Å²) < 4.78 is 24.8. The summed E-state index contributed by atoms with van der Waals surface area (Å²) in [4.78, 5) is 34.1. The molecule has 0 radical (unpaired) electrons. The van der Waals surface area contributed by atoms with Gasteiger partial charge in [-0.15, -0.1) is 11.3 Å². The van der Waals surface area contributed by atoms with E-state index in [-0.39, 0.29) is 23.9 Å². The van der Waals surface area contributed by atoms with Crippen LogP contribution in [-0.4, -0.2) is 80.0 Å². The highest BCUT2D eigenvalue weighted by atomic mass is 32.1. The molecule has 214 valence electrons. The van der Waals surface area contributed by atoms with Gasteiger partial charge in [-0.1, -0.05) is 12.1 Å². The summed E-state index contributed by atoms with van der Waals surface area (Å²) in [5.74, 6) is 0.346. The Morgan fingerprint density at radius 3 is 2.42 bits per heavy atom. The number of benzene rings is 2. The molecule has 4 rings (SSSR count). The zero-order valence-corrected chi connectivity index (χ0v) is 24.3. The van der Waals surface area contributed by atoms with Gasteiger partial charge in [-0.2, -0.15) is 0 Å². The Labute approximate surface area is 240 Å². The minimum Gasteiger partial charge on any atom is -0.493 e. The number of ether oxygens (including phenoxy) is 2. The lowest BCUT2D eigenvalue weighted by atomic mass is 10.1. The largest absolute Gasteiger partial charge is 0.493 e. The second-order valence-corrected chi connectivity index (χ2v) is 11.1. The number of hydrogen-bond donors (Lipinski definition) is 0. The van der Waals surface area contributed by atoms with Crippen molar-refractivity contribution in [3.8, 4) is 11.5 Å². The van der Waals surface area contributed by atoms with Gasteiger partial charge in [0.15, 0.2) is 11.5 Å². The Bertz CT molecular complexity index is 1290. The van der Waals surface area contributed by atoms with Crippen LogP contribution < -0.4 is 9.47 Å². The van der Waals surface area contributed by atoms with Crippen molar-refractivity contribution in [3.05, 3.63) is 81.3 Å². The van der Waals surface area contributed by atoms with Crippen LogP contribution in [0, 0.1) is 12.7 Å². The van der Waals surface area contributed by atoms with Gasteiger partial charge < -0.3 is 24.2 Å². The maximum Gasteiger partial charge on any atom is 0.254 e. The van der Waals surface area contributed by atoms with Gasteiger partial charge in [-0.25, -0.2) is 4.39 Å². The molecule has 7 nitrogen and oxygen atoms in total. The molecule has 3 aromatic rings. The lowest BCUT2D eigenvalue weighted by Gasteiger charge is -2.29. The molecule has 0 saturated carbocycles. The Hall–Kier alpha value is -3.43. The van der Waals surface area contributed by atoms with E-state index in [4.69, 9.17) is 9.47 Å². The highest BCUT2D eigenvalue weighted by molar-refractivity contribution is 7.10. The van der Waals surface area contributed by atoms with E-state index in [2.05, 4.69) is 4.90 Å². The fourth-order valence-electron chi connectivity index (χ4n) is 4.92. The van der Waals surface area contributed by atoms with Crippen molar-refractivity contribution in [2.24, 2.45) is 0 Å². The van der Waals surface area contributed by atoms with Crippen molar-refractivity contribution in [2.45, 2.75) is 32.7 Å². The Balaban J connectivity index is 1.53. The normalized spacial score (nSPS) is 13.3. The zero-order chi connectivity index (χ0) is 28.5. The average molecular weight is 568 g/mol. The second kappa shape index (κ2) is 14.3. The number of amides is 2. The first-order valence-electron chi connectivity index (χ1n) is 13.7. The second-order valence-electron chi connectivity index (χ2n) is 10.1. The lowest BCUT2D eigenvalue weighted by Crippen LogP contribution is -2.45. The van der Waals surface area contributed by atoms with Gasteiger partial charge in [0.1, 0.15) is 12.4 Å². The van der Waals surface area contributed by atoms with E-state index < -0.39 is 5.82 Å². The van der Waals surface area contributed by atoms with E-state index >= 15 is 0 Å². The predicted octanol–water partition coefficient (Wildman–Crippen LogP) is 5.02. The highest BCUT2D eigenvalue weighted by Crippen LogP contribution is 2.28. The van der Waals surface area contributed by atoms with Gasteiger partial charge in [0, 0.05) is 30.1 Å². The number of hydrogen-bond acceptors (Lipinski definition) is 6. The smallest absolute Gasteiger partial charge is 0.254 e. The number of methoxy groups -OCH3 is 2. The van der Waals surface area contributed by atoms with Gasteiger partial charge in [0.05, 0.1) is 20.8 Å². The number of likely N-dealkylation sites (tertiary alicyclic amines) is 1. The summed E-state index contributed by atoms with van der Waals surface area (Å²) in [5, 5.41) is 2.03. The Morgan fingerprint density at radius 1 is 0.975 bits per heavy atom. The van der Waals surface area contributed by atoms with Crippen LogP contribution in [0.2, 0.25) is 0 Å². The van der Waals surface area contributed by atoms with Gasteiger partial charge in [0.25, 0.3) is 5.91 Å². The standard InChI is InChI=1S/C31H38FN3O4S/c1-23-12-18-40-29(23)21-34(15-11-24-9-10-27(38-2)28(19-24)39-3)30(36)22-35(17-16-33-13-4-5-14-33)31(37)25-7-6-8-26(32)20-25/h6-10,12,18-20H,4-5,11,13-17,21-22H2,1-3H3. The summed E-state index contributed by atoms with van der Waals surface area (Å²) in [6.07, 6.45) is 2.89. The number of nitrogens with zero attached hydrogens (tertiary/aromatic N) is 3. The third-order valence-electron chi connectivity index (χ3n) is 7.34. The molecule has 0 aliphatic carbocycles. The summed E-state index contributed by atoms with van der Waals surface area (Å²) >= 11 is 1.62. The van der Waals surface area contributed by atoms with E-state index in [9.17, 15) is 14.0 Å². The number of carbonyl (C=O) groups is 2. The van der Waals surface area contributed by atoms with Crippen LogP contribution in [0.5, 0.6) is 11.5 Å². The van der Waals surface area contributed by atoms with E-state index in [0.717, 1.165) is 41.9 Å². The summed E-state index contributed by atoms with van der Waals surface area (Å²) in [7, 11) is 3.20. The number of thiophene rings is 1.